The number of hydrogen-bond donors (Lipinski definition) is 1. The number of carbonyl (C=O) groups excluding carboxylic acids is 1. The van der Waals surface area contributed by atoms with Crippen LogP contribution in [0.5, 0.6) is 17.2 Å². The van der Waals surface area contributed by atoms with Crippen LogP contribution in [0.1, 0.15) is 19.4 Å². The molecular weight excluding hydrogens is 294 g/mol. The van der Waals surface area contributed by atoms with E-state index in [1.807, 2.05) is 44.2 Å². The topological polar surface area (TPSA) is 56.8 Å². The Labute approximate surface area is 135 Å². The molecule has 5 heteroatoms. The van der Waals surface area contributed by atoms with E-state index >= 15 is 0 Å². The van der Waals surface area contributed by atoms with Gasteiger partial charge in [-0.3, -0.25) is 4.79 Å². The first kappa shape index (κ1) is 15.2. The van der Waals surface area contributed by atoms with Gasteiger partial charge in [0.15, 0.2) is 11.5 Å². The van der Waals surface area contributed by atoms with Gasteiger partial charge in [0, 0.05) is 0 Å². The molecule has 0 fully saturated rings. The summed E-state index contributed by atoms with van der Waals surface area (Å²) in [5.41, 5.74) is 0.464. The van der Waals surface area contributed by atoms with Gasteiger partial charge in [0.25, 0.3) is 0 Å². The van der Waals surface area contributed by atoms with Crippen molar-refractivity contribution in [1.82, 2.24) is 5.32 Å². The highest BCUT2D eigenvalue weighted by Gasteiger charge is 2.36. The van der Waals surface area contributed by atoms with Gasteiger partial charge in [-0.1, -0.05) is 36.4 Å². The number of fused-ring (bicyclic) bond motifs is 1. The first-order valence-electron chi connectivity index (χ1n) is 7.39. The molecule has 1 atom stereocenters. The van der Waals surface area contributed by atoms with Crippen LogP contribution in [0.15, 0.2) is 48.5 Å². The van der Waals surface area contributed by atoms with Gasteiger partial charge < -0.3 is 19.5 Å². The fraction of sp³-hybridized carbons (Fsp3) is 0.278. The van der Waals surface area contributed by atoms with Crippen LogP contribution < -0.4 is 19.5 Å². The SMILES string of the molecule is COc1cccc2c1OC(C(=O)NC(C)(C)c1ccccc1)O2. The molecule has 2 aromatic carbocycles. The maximum absolute atomic E-state index is 12.5. The molecule has 1 amide bonds. The first-order valence-corrected chi connectivity index (χ1v) is 7.39. The molecule has 0 saturated carbocycles. The fourth-order valence-corrected chi connectivity index (χ4v) is 2.51. The molecule has 5 nitrogen and oxygen atoms in total. The van der Waals surface area contributed by atoms with E-state index in [1.54, 1.807) is 25.3 Å². The summed E-state index contributed by atoms with van der Waals surface area (Å²) in [5.74, 6) is 1.16. The quantitative estimate of drug-likeness (QED) is 0.943. The van der Waals surface area contributed by atoms with Crippen LogP contribution in [-0.4, -0.2) is 19.3 Å². The first-order chi connectivity index (χ1) is 11.0. The van der Waals surface area contributed by atoms with Crippen molar-refractivity contribution >= 4 is 5.91 Å². The lowest BCUT2D eigenvalue weighted by Gasteiger charge is -2.27. The molecule has 0 spiro atoms. The summed E-state index contributed by atoms with van der Waals surface area (Å²) in [6.07, 6.45) is -1.02. The Balaban J connectivity index is 1.73. The summed E-state index contributed by atoms with van der Waals surface area (Å²) >= 11 is 0. The summed E-state index contributed by atoms with van der Waals surface area (Å²) in [5, 5.41) is 2.96. The minimum Gasteiger partial charge on any atom is -0.493 e. The fourth-order valence-electron chi connectivity index (χ4n) is 2.51. The third kappa shape index (κ3) is 2.95. The second-order valence-electron chi connectivity index (χ2n) is 5.84. The lowest BCUT2D eigenvalue weighted by atomic mass is 9.94. The number of benzene rings is 2. The highest BCUT2D eigenvalue weighted by molar-refractivity contribution is 5.82. The summed E-state index contributed by atoms with van der Waals surface area (Å²) in [7, 11) is 1.55. The molecular formula is C18H19NO4. The normalized spacial score (nSPS) is 16.0. The predicted octanol–water partition coefficient (Wildman–Crippen LogP) is 2.84. The van der Waals surface area contributed by atoms with E-state index in [-0.39, 0.29) is 5.91 Å². The number of carbonyl (C=O) groups is 1. The number of nitrogens with one attached hydrogen (secondary N) is 1. The second kappa shape index (κ2) is 5.83. The summed E-state index contributed by atoms with van der Waals surface area (Å²) in [4.78, 5) is 12.5. The molecule has 1 N–H and O–H groups in total. The van der Waals surface area contributed by atoms with Crippen LogP contribution in [-0.2, 0) is 10.3 Å². The Bertz CT molecular complexity index is 712. The van der Waals surface area contributed by atoms with Crippen molar-refractivity contribution in [3.05, 3.63) is 54.1 Å². The monoisotopic (exact) mass is 313 g/mol. The summed E-state index contributed by atoms with van der Waals surface area (Å²) in [6, 6.07) is 15.0. The Kier molecular flexibility index (Phi) is 3.86. The van der Waals surface area contributed by atoms with Gasteiger partial charge in [0.05, 0.1) is 12.6 Å². The zero-order valence-electron chi connectivity index (χ0n) is 13.3. The maximum atomic E-state index is 12.5. The molecule has 1 aliphatic rings. The van der Waals surface area contributed by atoms with Crippen LogP contribution in [0, 0.1) is 0 Å². The van der Waals surface area contributed by atoms with E-state index in [1.165, 1.54) is 0 Å². The maximum Gasteiger partial charge on any atom is 0.321 e. The van der Waals surface area contributed by atoms with Crippen molar-refractivity contribution in [2.45, 2.75) is 25.7 Å². The van der Waals surface area contributed by atoms with E-state index in [9.17, 15) is 4.79 Å². The molecule has 0 bridgehead atoms. The van der Waals surface area contributed by atoms with E-state index in [2.05, 4.69) is 5.32 Å². The minimum absolute atomic E-state index is 0.336. The lowest BCUT2D eigenvalue weighted by molar-refractivity contribution is -0.138. The van der Waals surface area contributed by atoms with Gasteiger partial charge in [0.2, 0.25) is 5.75 Å². The van der Waals surface area contributed by atoms with Crippen LogP contribution in [0.4, 0.5) is 0 Å². The number of rotatable bonds is 4. The van der Waals surface area contributed by atoms with E-state index in [4.69, 9.17) is 14.2 Å². The molecule has 0 aromatic heterocycles. The lowest BCUT2D eigenvalue weighted by Crippen LogP contribution is -2.48. The Morgan fingerprint density at radius 2 is 1.83 bits per heavy atom. The molecule has 1 aliphatic heterocycles. The molecule has 1 heterocycles. The van der Waals surface area contributed by atoms with E-state index < -0.39 is 11.8 Å². The molecule has 2 aromatic rings. The van der Waals surface area contributed by atoms with Gasteiger partial charge in [-0.2, -0.15) is 0 Å². The van der Waals surface area contributed by atoms with Crippen LogP contribution >= 0.6 is 0 Å². The number of hydrogen-bond acceptors (Lipinski definition) is 4. The van der Waals surface area contributed by atoms with Crippen LogP contribution in [0.2, 0.25) is 0 Å². The molecule has 0 saturated heterocycles. The van der Waals surface area contributed by atoms with Gasteiger partial charge >= 0.3 is 12.2 Å². The van der Waals surface area contributed by atoms with Crippen molar-refractivity contribution in [2.24, 2.45) is 0 Å². The van der Waals surface area contributed by atoms with Crippen molar-refractivity contribution in [3.8, 4) is 17.2 Å². The highest BCUT2D eigenvalue weighted by atomic mass is 16.7. The van der Waals surface area contributed by atoms with Gasteiger partial charge in [-0.25, -0.2) is 0 Å². The summed E-state index contributed by atoms with van der Waals surface area (Å²) in [6.45, 7) is 3.87. The van der Waals surface area contributed by atoms with Crippen LogP contribution in [0.3, 0.4) is 0 Å². The molecule has 3 rings (SSSR count). The number of para-hydroxylation sites is 1. The zero-order chi connectivity index (χ0) is 16.4. The third-order valence-electron chi connectivity index (χ3n) is 3.77. The molecule has 1 unspecified atom stereocenters. The third-order valence-corrected chi connectivity index (χ3v) is 3.77. The van der Waals surface area contributed by atoms with Gasteiger partial charge in [-0.15, -0.1) is 0 Å². The molecule has 23 heavy (non-hydrogen) atoms. The smallest absolute Gasteiger partial charge is 0.321 e. The van der Waals surface area contributed by atoms with Gasteiger partial charge in [0.1, 0.15) is 0 Å². The molecule has 0 radical (unpaired) electrons. The second-order valence-corrected chi connectivity index (χ2v) is 5.84. The Morgan fingerprint density at radius 3 is 2.52 bits per heavy atom. The van der Waals surface area contributed by atoms with Crippen molar-refractivity contribution in [1.29, 1.82) is 0 Å². The van der Waals surface area contributed by atoms with Crippen molar-refractivity contribution in [3.63, 3.8) is 0 Å². The average molecular weight is 313 g/mol. The highest BCUT2D eigenvalue weighted by Crippen LogP contribution is 2.42. The molecule has 0 aliphatic carbocycles. The average Bonchev–Trinajstić information content (AvgIpc) is 2.99. The number of ether oxygens (including phenoxy) is 3. The largest absolute Gasteiger partial charge is 0.493 e. The molecule has 120 valence electrons. The zero-order valence-corrected chi connectivity index (χ0v) is 13.3. The minimum atomic E-state index is -1.02. The van der Waals surface area contributed by atoms with E-state index in [0.717, 1.165) is 5.56 Å². The Hall–Kier alpha value is -2.69. The van der Waals surface area contributed by atoms with Crippen molar-refractivity contribution in [2.75, 3.05) is 7.11 Å². The Morgan fingerprint density at radius 1 is 1.09 bits per heavy atom. The van der Waals surface area contributed by atoms with E-state index in [0.29, 0.717) is 17.2 Å². The van der Waals surface area contributed by atoms with Gasteiger partial charge in [-0.05, 0) is 31.5 Å². The van der Waals surface area contributed by atoms with Crippen molar-refractivity contribution < 1.29 is 19.0 Å². The van der Waals surface area contributed by atoms with Crippen LogP contribution in [0.25, 0.3) is 0 Å². The predicted molar refractivity (Wildman–Crippen MR) is 85.6 cm³/mol. The number of methoxy groups -OCH3 is 1. The number of amides is 1. The standard InChI is InChI=1S/C18H19NO4/c1-18(2,12-8-5-4-6-9-12)19-16(20)17-22-14-11-7-10-13(21-3)15(14)23-17/h4-11,17H,1-3H3,(H,19,20). The summed E-state index contributed by atoms with van der Waals surface area (Å²) < 4.78 is 16.4.